The van der Waals surface area contributed by atoms with E-state index in [0.29, 0.717) is 12.0 Å². The van der Waals surface area contributed by atoms with Crippen LogP contribution in [0.3, 0.4) is 0 Å². The molecule has 17 heavy (non-hydrogen) atoms. The third-order valence-corrected chi connectivity index (χ3v) is 1.80. The molecule has 1 aromatic carbocycles. The van der Waals surface area contributed by atoms with Crippen molar-refractivity contribution in [3.05, 3.63) is 44.3 Å². The zero-order valence-electron chi connectivity index (χ0n) is 8.70. The number of nitro groups is 1. The average molecular weight is 232 g/mol. The van der Waals surface area contributed by atoms with Gasteiger partial charge in [-0.2, -0.15) is 0 Å². The number of azide groups is 1. The molecule has 0 saturated carbocycles. The molecule has 86 valence electrons. The fourth-order valence-corrected chi connectivity index (χ4v) is 1.06. The molecule has 0 amide bonds. The number of benzene rings is 1. The van der Waals surface area contributed by atoms with Gasteiger partial charge in [-0.25, -0.2) is 0 Å². The highest BCUT2D eigenvalue weighted by atomic mass is 16.6. The van der Waals surface area contributed by atoms with E-state index >= 15 is 0 Å². The standard InChI is InChI=1S/C10H8N4O3/c11-13-12-6-2-1-3-8-4-5-10(15)9(7-8)14(16)17/h4-5,7,15H,2,6H2. The van der Waals surface area contributed by atoms with Crippen molar-refractivity contribution in [3.63, 3.8) is 0 Å². The van der Waals surface area contributed by atoms with Crippen LogP contribution in [-0.2, 0) is 0 Å². The maximum Gasteiger partial charge on any atom is 0.311 e. The summed E-state index contributed by atoms with van der Waals surface area (Å²) in [5, 5.41) is 23.0. The first-order valence-electron chi connectivity index (χ1n) is 4.62. The second-order valence-corrected chi connectivity index (χ2v) is 2.97. The number of phenolic OH excluding ortho intramolecular Hbond substituents is 1. The fraction of sp³-hybridized carbons (Fsp3) is 0.200. The van der Waals surface area contributed by atoms with Crippen LogP contribution in [0.4, 0.5) is 5.69 Å². The van der Waals surface area contributed by atoms with Crippen LogP contribution in [0.15, 0.2) is 23.3 Å². The second kappa shape index (κ2) is 6.00. The lowest BCUT2D eigenvalue weighted by Crippen LogP contribution is -1.89. The zero-order valence-corrected chi connectivity index (χ0v) is 8.70. The molecular weight excluding hydrogens is 224 g/mol. The highest BCUT2D eigenvalue weighted by Crippen LogP contribution is 2.25. The van der Waals surface area contributed by atoms with Crippen LogP contribution in [0, 0.1) is 22.0 Å². The predicted octanol–water partition coefficient (Wildman–Crippen LogP) is 2.35. The van der Waals surface area contributed by atoms with Crippen LogP contribution < -0.4 is 0 Å². The van der Waals surface area contributed by atoms with Gasteiger partial charge in [0.15, 0.2) is 5.75 Å². The summed E-state index contributed by atoms with van der Waals surface area (Å²) in [6.45, 7) is 0.254. The zero-order chi connectivity index (χ0) is 12.7. The quantitative estimate of drug-likeness (QED) is 0.164. The van der Waals surface area contributed by atoms with E-state index in [1.807, 2.05) is 0 Å². The Morgan fingerprint density at radius 3 is 3.00 bits per heavy atom. The van der Waals surface area contributed by atoms with E-state index in [9.17, 15) is 15.2 Å². The molecule has 0 radical (unpaired) electrons. The van der Waals surface area contributed by atoms with Gasteiger partial charge in [0.25, 0.3) is 0 Å². The van der Waals surface area contributed by atoms with E-state index in [2.05, 4.69) is 21.9 Å². The normalized spacial score (nSPS) is 8.71. The van der Waals surface area contributed by atoms with Crippen LogP contribution in [0.1, 0.15) is 12.0 Å². The van der Waals surface area contributed by atoms with E-state index in [0.717, 1.165) is 0 Å². The fourth-order valence-electron chi connectivity index (χ4n) is 1.06. The molecule has 0 heterocycles. The Kier molecular flexibility index (Phi) is 4.36. The Hall–Kier alpha value is -2.71. The summed E-state index contributed by atoms with van der Waals surface area (Å²) in [5.41, 5.74) is 8.06. The SMILES string of the molecule is [N-]=[N+]=NCCC#Cc1ccc(O)c([N+](=O)[O-])c1. The molecule has 0 aliphatic carbocycles. The first kappa shape index (κ1) is 12.4. The molecule has 1 rings (SSSR count). The lowest BCUT2D eigenvalue weighted by Gasteiger charge is -1.95. The smallest absolute Gasteiger partial charge is 0.311 e. The van der Waals surface area contributed by atoms with E-state index in [-0.39, 0.29) is 12.2 Å². The predicted molar refractivity (Wildman–Crippen MR) is 60.3 cm³/mol. The third kappa shape index (κ3) is 3.74. The van der Waals surface area contributed by atoms with Crippen molar-refractivity contribution in [2.75, 3.05) is 6.54 Å². The molecule has 0 aromatic heterocycles. The van der Waals surface area contributed by atoms with Gasteiger partial charge in [0, 0.05) is 29.5 Å². The van der Waals surface area contributed by atoms with Crippen LogP contribution in [0.2, 0.25) is 0 Å². The highest BCUT2D eigenvalue weighted by Gasteiger charge is 2.12. The van der Waals surface area contributed by atoms with Gasteiger partial charge in [-0.1, -0.05) is 17.0 Å². The molecular formula is C10H8N4O3. The number of nitro benzene ring substituents is 1. The molecule has 1 aromatic rings. The minimum absolute atomic E-state index is 0.254. The topological polar surface area (TPSA) is 112 Å². The Bertz CT molecular complexity index is 538. The molecule has 0 aliphatic rings. The van der Waals surface area contributed by atoms with E-state index in [1.165, 1.54) is 18.2 Å². The molecule has 0 bridgehead atoms. The Morgan fingerprint density at radius 2 is 2.35 bits per heavy atom. The van der Waals surface area contributed by atoms with Crippen LogP contribution in [0.25, 0.3) is 10.4 Å². The summed E-state index contributed by atoms with van der Waals surface area (Å²) in [6.07, 6.45) is 0.374. The first-order valence-corrected chi connectivity index (χ1v) is 4.62. The Labute approximate surface area is 96.5 Å². The van der Waals surface area contributed by atoms with Gasteiger partial charge in [-0.3, -0.25) is 10.1 Å². The highest BCUT2D eigenvalue weighted by molar-refractivity contribution is 5.51. The van der Waals surface area contributed by atoms with E-state index in [1.54, 1.807) is 0 Å². The summed E-state index contributed by atoms with van der Waals surface area (Å²) >= 11 is 0. The molecule has 7 heteroatoms. The minimum Gasteiger partial charge on any atom is -0.502 e. The van der Waals surface area contributed by atoms with Crippen molar-refractivity contribution in [2.45, 2.75) is 6.42 Å². The lowest BCUT2D eigenvalue weighted by molar-refractivity contribution is -0.385. The van der Waals surface area contributed by atoms with Crippen molar-refractivity contribution in [2.24, 2.45) is 5.11 Å². The number of hydrogen-bond donors (Lipinski definition) is 1. The second-order valence-electron chi connectivity index (χ2n) is 2.97. The molecule has 0 aliphatic heterocycles. The largest absolute Gasteiger partial charge is 0.502 e. The van der Waals surface area contributed by atoms with E-state index < -0.39 is 10.7 Å². The molecule has 0 saturated heterocycles. The first-order chi connectivity index (χ1) is 8.15. The van der Waals surface area contributed by atoms with Gasteiger partial charge in [-0.15, -0.1) is 0 Å². The summed E-state index contributed by atoms with van der Waals surface area (Å²) < 4.78 is 0. The third-order valence-electron chi connectivity index (χ3n) is 1.80. The number of phenols is 1. The van der Waals surface area contributed by atoms with Gasteiger partial charge in [0.1, 0.15) is 0 Å². The van der Waals surface area contributed by atoms with Gasteiger partial charge >= 0.3 is 5.69 Å². The van der Waals surface area contributed by atoms with Gasteiger partial charge in [0.2, 0.25) is 0 Å². The summed E-state index contributed by atoms with van der Waals surface area (Å²) in [6, 6.07) is 3.88. The monoisotopic (exact) mass is 232 g/mol. The maximum absolute atomic E-state index is 10.5. The minimum atomic E-state index is -0.680. The maximum atomic E-state index is 10.5. The van der Waals surface area contributed by atoms with Crippen LogP contribution in [0.5, 0.6) is 5.75 Å². The average Bonchev–Trinajstić information content (AvgIpc) is 2.30. The number of hydrogen-bond acceptors (Lipinski definition) is 4. The Morgan fingerprint density at radius 1 is 1.59 bits per heavy atom. The number of rotatable bonds is 3. The lowest BCUT2D eigenvalue weighted by atomic mass is 10.2. The summed E-state index contributed by atoms with van der Waals surface area (Å²) in [4.78, 5) is 12.4. The number of aromatic hydroxyl groups is 1. The van der Waals surface area contributed by atoms with Crippen molar-refractivity contribution >= 4 is 5.69 Å². The van der Waals surface area contributed by atoms with E-state index in [4.69, 9.17) is 5.53 Å². The molecule has 1 N–H and O–H groups in total. The Balaban J connectivity index is 2.82. The van der Waals surface area contributed by atoms with Gasteiger partial charge < -0.3 is 5.11 Å². The molecule has 7 nitrogen and oxygen atoms in total. The molecule has 0 atom stereocenters. The van der Waals surface area contributed by atoms with Crippen LogP contribution >= 0.6 is 0 Å². The summed E-state index contributed by atoms with van der Waals surface area (Å²) in [5.74, 6) is 4.99. The molecule has 0 spiro atoms. The molecule has 0 unspecified atom stereocenters. The van der Waals surface area contributed by atoms with Crippen molar-refractivity contribution < 1.29 is 10.0 Å². The summed E-state index contributed by atoms with van der Waals surface area (Å²) in [7, 11) is 0. The van der Waals surface area contributed by atoms with Gasteiger partial charge in [-0.05, 0) is 17.7 Å². The molecule has 0 fully saturated rings. The number of nitrogens with zero attached hydrogens (tertiary/aromatic N) is 4. The van der Waals surface area contributed by atoms with Gasteiger partial charge in [0.05, 0.1) is 4.92 Å². The van der Waals surface area contributed by atoms with Crippen molar-refractivity contribution in [3.8, 4) is 17.6 Å². The van der Waals surface area contributed by atoms with Crippen molar-refractivity contribution in [1.29, 1.82) is 0 Å². The van der Waals surface area contributed by atoms with Crippen LogP contribution in [-0.4, -0.2) is 16.6 Å². The van der Waals surface area contributed by atoms with Crippen molar-refractivity contribution in [1.82, 2.24) is 0 Å².